The Morgan fingerprint density at radius 1 is 1.05 bits per heavy atom. The number of hydrogen-bond donors (Lipinski definition) is 2. The van der Waals surface area contributed by atoms with Crippen LogP contribution in [0.4, 0.5) is 0 Å². The second-order valence-electron chi connectivity index (χ2n) is 5.48. The van der Waals surface area contributed by atoms with E-state index in [1.54, 1.807) is 27.4 Å². The molecule has 2 atom stereocenters. The zero-order chi connectivity index (χ0) is 15.4. The molecular formula is C16H25NO4. The summed E-state index contributed by atoms with van der Waals surface area (Å²) >= 11 is 0. The molecule has 1 aromatic carbocycles. The number of rotatable bonds is 6. The van der Waals surface area contributed by atoms with Gasteiger partial charge in [0.05, 0.1) is 33.5 Å². The van der Waals surface area contributed by atoms with Gasteiger partial charge in [-0.25, -0.2) is 0 Å². The summed E-state index contributed by atoms with van der Waals surface area (Å²) in [7, 11) is 4.70. The molecule has 118 valence electrons. The Labute approximate surface area is 126 Å². The Hall–Kier alpha value is -1.46. The molecule has 0 heterocycles. The van der Waals surface area contributed by atoms with Gasteiger partial charge in [0.25, 0.3) is 0 Å². The van der Waals surface area contributed by atoms with Crippen LogP contribution in [0.15, 0.2) is 12.1 Å². The molecule has 0 aromatic heterocycles. The highest BCUT2D eigenvalue weighted by Gasteiger charge is 2.31. The first-order valence-electron chi connectivity index (χ1n) is 7.36. The molecule has 1 saturated carbocycles. The number of benzene rings is 1. The standard InChI is InChI=1S/C16H25NO4/c1-19-12-9-8-11(15(20-2)16(12)21-3)13(17)14(18)10-6-4-5-7-10/h8-10,13-14,18H,4-7,17H2,1-3H3/t13-,14+/m1/s1. The zero-order valence-electron chi connectivity index (χ0n) is 13.0. The smallest absolute Gasteiger partial charge is 0.203 e. The van der Waals surface area contributed by atoms with Gasteiger partial charge in [0.1, 0.15) is 0 Å². The second kappa shape index (κ2) is 7.00. The third kappa shape index (κ3) is 3.09. The molecule has 1 aliphatic carbocycles. The van der Waals surface area contributed by atoms with Crippen LogP contribution < -0.4 is 19.9 Å². The van der Waals surface area contributed by atoms with Crippen LogP contribution in [0.5, 0.6) is 17.2 Å². The Morgan fingerprint density at radius 2 is 1.67 bits per heavy atom. The molecule has 5 heteroatoms. The van der Waals surface area contributed by atoms with Crippen molar-refractivity contribution >= 4 is 0 Å². The lowest BCUT2D eigenvalue weighted by molar-refractivity contribution is 0.0834. The normalized spacial score (nSPS) is 18.3. The Bertz CT molecular complexity index is 472. The van der Waals surface area contributed by atoms with Gasteiger partial charge in [0.2, 0.25) is 5.75 Å². The highest BCUT2D eigenvalue weighted by molar-refractivity contribution is 5.56. The van der Waals surface area contributed by atoms with Gasteiger partial charge in [-0.3, -0.25) is 0 Å². The van der Waals surface area contributed by atoms with Crippen molar-refractivity contribution in [3.05, 3.63) is 17.7 Å². The van der Waals surface area contributed by atoms with Gasteiger partial charge in [-0.1, -0.05) is 12.8 Å². The number of aliphatic hydroxyl groups excluding tert-OH is 1. The highest BCUT2D eigenvalue weighted by Crippen LogP contribution is 2.43. The SMILES string of the molecule is COc1ccc([C@@H](N)[C@@H](O)C2CCCC2)c(OC)c1OC. The van der Waals surface area contributed by atoms with Crippen LogP contribution in [0, 0.1) is 5.92 Å². The van der Waals surface area contributed by atoms with E-state index < -0.39 is 12.1 Å². The maximum atomic E-state index is 10.5. The van der Waals surface area contributed by atoms with E-state index in [4.69, 9.17) is 19.9 Å². The van der Waals surface area contributed by atoms with Gasteiger partial charge in [-0.15, -0.1) is 0 Å². The van der Waals surface area contributed by atoms with Crippen LogP contribution in [-0.4, -0.2) is 32.5 Å². The molecule has 0 aliphatic heterocycles. The first kappa shape index (κ1) is 15.9. The fourth-order valence-electron chi connectivity index (χ4n) is 3.16. The Balaban J connectivity index is 2.33. The average molecular weight is 295 g/mol. The summed E-state index contributed by atoms with van der Waals surface area (Å²) in [6.07, 6.45) is 3.82. The predicted octanol–water partition coefficient (Wildman–Crippen LogP) is 2.26. The van der Waals surface area contributed by atoms with E-state index in [-0.39, 0.29) is 5.92 Å². The van der Waals surface area contributed by atoms with E-state index in [1.807, 2.05) is 6.07 Å². The summed E-state index contributed by atoms with van der Waals surface area (Å²) in [5.41, 5.74) is 7.03. The van der Waals surface area contributed by atoms with E-state index in [9.17, 15) is 5.11 Å². The van der Waals surface area contributed by atoms with Crippen LogP contribution in [0.2, 0.25) is 0 Å². The monoisotopic (exact) mass is 295 g/mol. The van der Waals surface area contributed by atoms with Gasteiger partial charge < -0.3 is 25.1 Å². The molecule has 0 amide bonds. The lowest BCUT2D eigenvalue weighted by atomic mass is 9.90. The molecule has 0 unspecified atom stereocenters. The Kier molecular flexibility index (Phi) is 5.31. The molecule has 0 bridgehead atoms. The first-order chi connectivity index (χ1) is 10.1. The molecule has 1 aromatic rings. The summed E-state index contributed by atoms with van der Waals surface area (Å²) in [5, 5.41) is 10.5. The molecule has 3 N–H and O–H groups in total. The first-order valence-corrected chi connectivity index (χ1v) is 7.36. The van der Waals surface area contributed by atoms with Crippen LogP contribution in [0.25, 0.3) is 0 Å². The summed E-state index contributed by atoms with van der Waals surface area (Å²) < 4.78 is 16.1. The van der Waals surface area contributed by atoms with E-state index in [0.29, 0.717) is 17.2 Å². The number of hydrogen-bond acceptors (Lipinski definition) is 5. The van der Waals surface area contributed by atoms with Crippen molar-refractivity contribution in [3.8, 4) is 17.2 Å². The van der Waals surface area contributed by atoms with Crippen molar-refractivity contribution in [1.29, 1.82) is 0 Å². The maximum absolute atomic E-state index is 10.5. The Morgan fingerprint density at radius 3 is 2.19 bits per heavy atom. The third-order valence-electron chi connectivity index (χ3n) is 4.34. The number of methoxy groups -OCH3 is 3. The van der Waals surface area contributed by atoms with Crippen LogP contribution in [-0.2, 0) is 0 Å². The molecule has 0 spiro atoms. The molecule has 21 heavy (non-hydrogen) atoms. The summed E-state index contributed by atoms with van der Waals surface area (Å²) in [5.74, 6) is 1.88. The summed E-state index contributed by atoms with van der Waals surface area (Å²) in [6, 6.07) is 3.13. The second-order valence-corrected chi connectivity index (χ2v) is 5.48. The van der Waals surface area contributed by atoms with Crippen LogP contribution >= 0.6 is 0 Å². The van der Waals surface area contributed by atoms with E-state index in [0.717, 1.165) is 31.2 Å². The third-order valence-corrected chi connectivity index (χ3v) is 4.34. The lowest BCUT2D eigenvalue weighted by Gasteiger charge is -2.26. The fourth-order valence-corrected chi connectivity index (χ4v) is 3.16. The van der Waals surface area contributed by atoms with Gasteiger partial charge >= 0.3 is 0 Å². The van der Waals surface area contributed by atoms with Crippen LogP contribution in [0.1, 0.15) is 37.3 Å². The summed E-state index contributed by atoms with van der Waals surface area (Å²) in [6.45, 7) is 0. The molecule has 1 fully saturated rings. The van der Waals surface area contributed by atoms with Crippen molar-refractivity contribution in [2.24, 2.45) is 11.7 Å². The minimum absolute atomic E-state index is 0.262. The molecule has 5 nitrogen and oxygen atoms in total. The molecular weight excluding hydrogens is 270 g/mol. The lowest BCUT2D eigenvalue weighted by Crippen LogP contribution is -2.32. The van der Waals surface area contributed by atoms with Gasteiger partial charge in [0, 0.05) is 5.56 Å². The highest BCUT2D eigenvalue weighted by atomic mass is 16.5. The fraction of sp³-hybridized carbons (Fsp3) is 0.625. The van der Waals surface area contributed by atoms with Crippen molar-refractivity contribution in [2.75, 3.05) is 21.3 Å². The maximum Gasteiger partial charge on any atom is 0.203 e. The van der Waals surface area contributed by atoms with E-state index >= 15 is 0 Å². The van der Waals surface area contributed by atoms with Crippen molar-refractivity contribution in [1.82, 2.24) is 0 Å². The summed E-state index contributed by atoms with van der Waals surface area (Å²) in [4.78, 5) is 0. The van der Waals surface area contributed by atoms with E-state index in [2.05, 4.69) is 0 Å². The minimum Gasteiger partial charge on any atom is -0.493 e. The predicted molar refractivity (Wildman–Crippen MR) is 81.0 cm³/mol. The van der Waals surface area contributed by atoms with Gasteiger partial charge in [-0.2, -0.15) is 0 Å². The van der Waals surface area contributed by atoms with Crippen molar-refractivity contribution < 1.29 is 19.3 Å². The quantitative estimate of drug-likeness (QED) is 0.842. The zero-order valence-corrected chi connectivity index (χ0v) is 13.0. The van der Waals surface area contributed by atoms with Crippen LogP contribution in [0.3, 0.4) is 0 Å². The van der Waals surface area contributed by atoms with Crippen molar-refractivity contribution in [3.63, 3.8) is 0 Å². The largest absolute Gasteiger partial charge is 0.493 e. The van der Waals surface area contributed by atoms with Gasteiger partial charge in [0.15, 0.2) is 11.5 Å². The average Bonchev–Trinajstić information content (AvgIpc) is 3.06. The molecule has 1 aliphatic rings. The minimum atomic E-state index is -0.570. The van der Waals surface area contributed by atoms with E-state index in [1.165, 1.54) is 0 Å². The molecule has 0 saturated heterocycles. The molecule has 2 rings (SSSR count). The van der Waals surface area contributed by atoms with Crippen molar-refractivity contribution in [2.45, 2.75) is 37.8 Å². The number of ether oxygens (including phenoxy) is 3. The number of nitrogens with two attached hydrogens (primary N) is 1. The van der Waals surface area contributed by atoms with Gasteiger partial charge in [-0.05, 0) is 30.9 Å². The topological polar surface area (TPSA) is 73.9 Å². The number of aliphatic hydroxyl groups is 1. The molecule has 0 radical (unpaired) electrons.